The second-order valence-corrected chi connectivity index (χ2v) is 21.7. The van der Waals surface area contributed by atoms with Gasteiger partial charge in [0.05, 0.1) is 25.3 Å². The Morgan fingerprint density at radius 2 is 1.40 bits per heavy atom. The van der Waals surface area contributed by atoms with Crippen LogP contribution in [0, 0.1) is 0 Å². The summed E-state index contributed by atoms with van der Waals surface area (Å²) >= 11 is 1.29. The van der Waals surface area contributed by atoms with Crippen molar-refractivity contribution in [3.8, 4) is 0 Å². The van der Waals surface area contributed by atoms with Crippen LogP contribution in [0.3, 0.4) is 0 Å². The number of rotatable bonds is 26. The summed E-state index contributed by atoms with van der Waals surface area (Å²) in [6, 6.07) is 1.69. The number of carboxylic acids is 1. The molecule has 27 nitrogen and oxygen atoms in total. The summed E-state index contributed by atoms with van der Waals surface area (Å²) in [6.07, 6.45) is 4.00. The van der Waals surface area contributed by atoms with E-state index in [9.17, 15) is 58.5 Å². The van der Waals surface area contributed by atoms with Gasteiger partial charge in [0.1, 0.15) is 42.8 Å². The summed E-state index contributed by atoms with van der Waals surface area (Å²) in [7, 11) is 0. The number of aliphatic hydroxyl groups excluding tert-OH is 2. The van der Waals surface area contributed by atoms with Crippen molar-refractivity contribution in [3.05, 3.63) is 57.8 Å². The highest BCUT2D eigenvalue weighted by Gasteiger charge is 2.47. The average molecular weight is 1140 g/mol. The molecule has 0 radical (unpaired) electrons. The summed E-state index contributed by atoms with van der Waals surface area (Å²) in [6.45, 7) is -1.97. The molecule has 17 N–H and O–H groups in total. The molecular formula is C52H77N15O12S. The summed E-state index contributed by atoms with van der Waals surface area (Å²) in [4.78, 5) is 138. The van der Waals surface area contributed by atoms with Crippen LogP contribution in [0.4, 0.5) is 0 Å². The summed E-state index contributed by atoms with van der Waals surface area (Å²) in [5.41, 5.74) is 29.4. The molecule has 4 heterocycles. The van der Waals surface area contributed by atoms with Gasteiger partial charge in [0.25, 0.3) is 0 Å². The number of carboxylic acid groups (broad SMARTS) is 1. The SMILES string of the molecule is NC(N)=NCCC[C@@H](N)C(=O)N[C@@H](CCCN=C(N)N)C(=O)N1CCC[C@H]1C(=O)N1C[C@H](O)C[C@H]1C(=O)NCC(=O)N[C@@H](Cc1cccs1)C(=O)N[C@@H](CO)C(=O)N1Cc2ccccc2C[C@@H]1C(=O)N(CC(=O)O)C1CCCCC1. The number of benzene rings is 1. The van der Waals surface area contributed by atoms with Crippen LogP contribution in [0.5, 0.6) is 0 Å². The number of amides is 8. The molecule has 1 saturated carbocycles. The van der Waals surface area contributed by atoms with E-state index in [2.05, 4.69) is 31.3 Å². The first-order valence-electron chi connectivity index (χ1n) is 27.1. The number of fused-ring (bicyclic) bond motifs is 1. The Kier molecular flexibility index (Phi) is 22.9. The zero-order valence-electron chi connectivity index (χ0n) is 44.8. The van der Waals surface area contributed by atoms with E-state index in [4.69, 9.17) is 28.7 Å². The zero-order chi connectivity index (χ0) is 58.0. The molecule has 0 spiro atoms. The van der Waals surface area contributed by atoms with Gasteiger partial charge in [-0.2, -0.15) is 0 Å². The minimum Gasteiger partial charge on any atom is -0.480 e. The number of hydrogen-bond acceptors (Lipinski definition) is 15. The van der Waals surface area contributed by atoms with Crippen molar-refractivity contribution in [1.82, 2.24) is 40.9 Å². The fourth-order valence-electron chi connectivity index (χ4n) is 10.8. The Morgan fingerprint density at radius 1 is 0.738 bits per heavy atom. The van der Waals surface area contributed by atoms with Crippen molar-refractivity contribution >= 4 is 76.5 Å². The van der Waals surface area contributed by atoms with E-state index in [0.29, 0.717) is 30.6 Å². The highest BCUT2D eigenvalue weighted by Crippen LogP contribution is 2.30. The molecule has 0 bridgehead atoms. The number of nitrogens with one attached hydrogen (secondary N) is 4. The maximum Gasteiger partial charge on any atom is 0.323 e. The van der Waals surface area contributed by atoms with E-state index in [0.717, 1.165) is 35.3 Å². The normalized spacial score (nSPS) is 20.5. The number of guanidine groups is 2. The van der Waals surface area contributed by atoms with Crippen molar-refractivity contribution in [2.45, 2.75) is 151 Å². The molecule has 8 amide bonds. The number of likely N-dealkylation sites (tertiary alicyclic amines) is 2. The van der Waals surface area contributed by atoms with Crippen molar-refractivity contribution in [2.75, 3.05) is 45.9 Å². The second-order valence-electron chi connectivity index (χ2n) is 20.6. The van der Waals surface area contributed by atoms with Crippen molar-refractivity contribution in [1.29, 1.82) is 0 Å². The van der Waals surface area contributed by atoms with Gasteiger partial charge in [-0.05, 0) is 73.9 Å². The van der Waals surface area contributed by atoms with Gasteiger partial charge in [0, 0.05) is 62.9 Å². The third-order valence-electron chi connectivity index (χ3n) is 14.8. The Labute approximate surface area is 467 Å². The number of aliphatic carboxylic acids is 1. The summed E-state index contributed by atoms with van der Waals surface area (Å²) in [5.74, 6) is -7.18. The average Bonchev–Trinajstić information content (AvgIpc) is 4.25. The predicted molar refractivity (Wildman–Crippen MR) is 293 cm³/mol. The lowest BCUT2D eigenvalue weighted by molar-refractivity contribution is -0.154. The molecule has 4 aliphatic rings. The highest BCUT2D eigenvalue weighted by molar-refractivity contribution is 7.09. The lowest BCUT2D eigenvalue weighted by Crippen LogP contribution is -2.62. The molecule has 2 saturated heterocycles. The van der Waals surface area contributed by atoms with Crippen LogP contribution in [0.25, 0.3) is 0 Å². The Bertz CT molecular complexity index is 2570. The Hall–Kier alpha value is -7.43. The minimum absolute atomic E-state index is 0.0650. The van der Waals surface area contributed by atoms with Crippen molar-refractivity contribution in [2.24, 2.45) is 38.7 Å². The topological polar surface area (TPSA) is 430 Å². The number of nitrogens with two attached hydrogens (primary N) is 5. The van der Waals surface area contributed by atoms with Gasteiger partial charge < -0.3 is 84.9 Å². The number of carbonyl (C=O) groups excluding carboxylic acids is 8. The van der Waals surface area contributed by atoms with Gasteiger partial charge in [-0.25, -0.2) is 0 Å². The van der Waals surface area contributed by atoms with E-state index >= 15 is 0 Å². The number of carbonyl (C=O) groups is 9. The highest BCUT2D eigenvalue weighted by atomic mass is 32.1. The Morgan fingerprint density at radius 3 is 2.05 bits per heavy atom. The van der Waals surface area contributed by atoms with Gasteiger partial charge >= 0.3 is 5.97 Å². The van der Waals surface area contributed by atoms with E-state index in [1.54, 1.807) is 35.7 Å². The third kappa shape index (κ3) is 17.0. The van der Waals surface area contributed by atoms with Crippen molar-refractivity contribution in [3.63, 3.8) is 0 Å². The molecule has 28 heteroatoms. The molecule has 3 aliphatic heterocycles. The van der Waals surface area contributed by atoms with Crippen molar-refractivity contribution < 1.29 is 58.5 Å². The standard InChI is InChI=1S/C52H77N15O12S/c53-35(15-6-18-58-51(54)55)44(73)62-36(16-7-19-59-52(56)57)47(76)64-20-8-17-39(64)49(78)67-27-33(69)23-40(67)46(75)60-25-42(70)61-37(24-34-14-9-21-80-34)45(74)63-38(29-68)48(77)66-26-31-11-5-4-10-30(31)22-41(66)50(79)65(28-43(71)72)32-12-2-1-3-13-32/h4-5,9-11,14,21,32-33,35-41,68-69H,1-3,6-8,12-13,15-20,22-29,53H2,(H,60,75)(H,61,70)(H,62,73)(H,63,74)(H,71,72)(H4,54,55,58)(H4,56,57,59)/t33-,35-,36+,37+,38+,39+,40+,41-/m1/s1. The molecule has 8 atom stereocenters. The molecule has 438 valence electrons. The van der Waals surface area contributed by atoms with Crippen LogP contribution in [-0.2, 0) is 62.5 Å². The smallest absolute Gasteiger partial charge is 0.323 e. The first-order valence-corrected chi connectivity index (χ1v) is 28.0. The van der Waals surface area contributed by atoms with Crippen LogP contribution in [0.2, 0.25) is 0 Å². The molecule has 1 aliphatic carbocycles. The number of hydrogen-bond donors (Lipinski definition) is 12. The van der Waals surface area contributed by atoms with Crippen LogP contribution in [0.15, 0.2) is 51.8 Å². The summed E-state index contributed by atoms with van der Waals surface area (Å²) < 4.78 is 0. The lowest BCUT2D eigenvalue weighted by Gasteiger charge is -2.42. The minimum atomic E-state index is -1.60. The van der Waals surface area contributed by atoms with Crippen LogP contribution >= 0.6 is 11.3 Å². The quantitative estimate of drug-likeness (QED) is 0.0246. The van der Waals surface area contributed by atoms with E-state index in [1.165, 1.54) is 26.0 Å². The Balaban J connectivity index is 1.11. The largest absolute Gasteiger partial charge is 0.480 e. The monoisotopic (exact) mass is 1140 g/mol. The third-order valence-corrected chi connectivity index (χ3v) is 15.7. The van der Waals surface area contributed by atoms with Gasteiger partial charge in [-0.3, -0.25) is 53.1 Å². The van der Waals surface area contributed by atoms with E-state index < -0.39 is 121 Å². The zero-order valence-corrected chi connectivity index (χ0v) is 45.6. The number of β-amino-alcohol motifs (C(OH)–C–C–N with tert-alkyl or cyclic N) is 1. The molecule has 3 fully saturated rings. The lowest BCUT2D eigenvalue weighted by atomic mass is 9.90. The molecule has 2 aromatic rings. The molecule has 1 aromatic carbocycles. The van der Waals surface area contributed by atoms with Gasteiger partial charge in [-0.15, -0.1) is 11.3 Å². The van der Waals surface area contributed by atoms with Crippen LogP contribution < -0.4 is 49.9 Å². The molecule has 6 rings (SSSR count). The molecular weight excluding hydrogens is 1060 g/mol. The fraction of sp³-hybridized carbons (Fsp3) is 0.596. The number of aliphatic imine (C=N–C) groups is 2. The predicted octanol–water partition coefficient (Wildman–Crippen LogP) is -3.56. The van der Waals surface area contributed by atoms with Crippen LogP contribution in [-0.4, -0.2) is 200 Å². The first kappa shape index (κ1) is 61.8. The number of thiophene rings is 1. The van der Waals surface area contributed by atoms with Crippen LogP contribution in [0.1, 0.15) is 93.1 Å². The van der Waals surface area contributed by atoms with Gasteiger partial charge in [0.15, 0.2) is 11.9 Å². The summed E-state index contributed by atoms with van der Waals surface area (Å²) in [5, 5.41) is 43.5. The molecule has 80 heavy (non-hydrogen) atoms. The first-order chi connectivity index (χ1) is 38.3. The number of nitrogens with zero attached hydrogens (tertiary/aromatic N) is 6. The fourth-order valence-corrected chi connectivity index (χ4v) is 11.5. The molecule has 1 aromatic heterocycles. The van der Waals surface area contributed by atoms with Gasteiger partial charge in [0.2, 0.25) is 47.3 Å². The maximum absolute atomic E-state index is 14.5. The van der Waals surface area contributed by atoms with E-state index in [-0.39, 0.29) is 95.6 Å². The number of aliphatic hydroxyl groups is 2. The van der Waals surface area contributed by atoms with Gasteiger partial charge in [-0.1, -0.05) is 49.6 Å². The molecule has 0 unspecified atom stereocenters. The second kappa shape index (κ2) is 29.7. The van der Waals surface area contributed by atoms with E-state index in [1.807, 2.05) is 6.07 Å². The maximum atomic E-state index is 14.5.